The van der Waals surface area contributed by atoms with E-state index in [4.69, 9.17) is 4.74 Å². The molecule has 0 radical (unpaired) electrons. The lowest BCUT2D eigenvalue weighted by atomic mass is 9.97. The zero-order chi connectivity index (χ0) is 15.5. The fraction of sp³-hybridized carbons (Fsp3) is 0.625. The van der Waals surface area contributed by atoms with E-state index in [-0.39, 0.29) is 11.3 Å². The summed E-state index contributed by atoms with van der Waals surface area (Å²) in [5.41, 5.74) is 2.07. The van der Waals surface area contributed by atoms with Gasteiger partial charge in [-0.25, -0.2) is 8.42 Å². The first kappa shape index (κ1) is 16.3. The predicted molar refractivity (Wildman–Crippen MR) is 85.6 cm³/mol. The first-order chi connectivity index (χ1) is 9.99. The highest BCUT2D eigenvalue weighted by Gasteiger charge is 2.36. The van der Waals surface area contributed by atoms with Gasteiger partial charge in [0.05, 0.1) is 23.7 Å². The molecule has 0 amide bonds. The maximum atomic E-state index is 12.4. The van der Waals surface area contributed by atoms with Gasteiger partial charge in [-0.3, -0.25) is 0 Å². The number of rotatable bonds is 5. The van der Waals surface area contributed by atoms with Crippen LogP contribution in [-0.2, 0) is 9.84 Å². The summed E-state index contributed by atoms with van der Waals surface area (Å²) in [4.78, 5) is 0. The number of hydrogen-bond donors (Lipinski definition) is 1. The Morgan fingerprint density at radius 3 is 2.76 bits per heavy atom. The van der Waals surface area contributed by atoms with Gasteiger partial charge in [0, 0.05) is 5.56 Å². The van der Waals surface area contributed by atoms with Crippen LogP contribution in [0.5, 0.6) is 5.75 Å². The summed E-state index contributed by atoms with van der Waals surface area (Å²) >= 11 is 0. The smallest absolute Gasteiger partial charge is 0.155 e. The number of ether oxygens (including phenoxy) is 1. The van der Waals surface area contributed by atoms with Gasteiger partial charge >= 0.3 is 0 Å². The van der Waals surface area contributed by atoms with Crippen LogP contribution in [0, 0.1) is 6.92 Å². The SMILES string of the molecule is CCOc1ccc(C)cc1C(NC)C1CCCCS1(=O)=O. The van der Waals surface area contributed by atoms with E-state index in [1.807, 2.05) is 39.1 Å². The third-order valence-corrected chi connectivity index (χ3v) is 6.40. The lowest BCUT2D eigenvalue weighted by molar-refractivity contribution is 0.330. The van der Waals surface area contributed by atoms with Crippen LogP contribution in [-0.4, -0.2) is 33.1 Å². The van der Waals surface area contributed by atoms with E-state index in [1.54, 1.807) is 0 Å². The van der Waals surface area contributed by atoms with Gasteiger partial charge in [0.25, 0.3) is 0 Å². The summed E-state index contributed by atoms with van der Waals surface area (Å²) < 4.78 is 30.6. The normalized spacial score (nSPS) is 22.7. The standard InChI is InChI=1S/C16H25NO3S/c1-4-20-14-9-8-12(2)11-13(14)16(17-3)15-7-5-6-10-21(15,18)19/h8-9,11,15-17H,4-7,10H2,1-3H3. The van der Waals surface area contributed by atoms with Crippen LogP contribution < -0.4 is 10.1 Å². The number of sulfone groups is 1. The van der Waals surface area contributed by atoms with Crippen molar-refractivity contribution < 1.29 is 13.2 Å². The van der Waals surface area contributed by atoms with Gasteiger partial charge < -0.3 is 10.1 Å². The Kier molecular flexibility index (Phi) is 5.27. The van der Waals surface area contributed by atoms with Crippen molar-refractivity contribution in [1.82, 2.24) is 5.32 Å². The van der Waals surface area contributed by atoms with Crippen molar-refractivity contribution in [1.29, 1.82) is 0 Å². The van der Waals surface area contributed by atoms with Crippen LogP contribution in [0.2, 0.25) is 0 Å². The Balaban J connectivity index is 2.43. The molecule has 118 valence electrons. The van der Waals surface area contributed by atoms with E-state index in [1.165, 1.54) is 0 Å². The fourth-order valence-electron chi connectivity index (χ4n) is 3.09. The molecule has 1 aliphatic rings. The average molecular weight is 311 g/mol. The molecular weight excluding hydrogens is 286 g/mol. The predicted octanol–water partition coefficient (Wildman–Crippen LogP) is 2.62. The van der Waals surface area contributed by atoms with E-state index in [0.717, 1.165) is 29.7 Å². The second-order valence-corrected chi connectivity index (χ2v) is 7.98. The third kappa shape index (κ3) is 3.58. The number of aryl methyl sites for hydroxylation is 1. The highest BCUT2D eigenvalue weighted by Crippen LogP contribution is 2.35. The molecular formula is C16H25NO3S. The Hall–Kier alpha value is -1.07. The first-order valence-electron chi connectivity index (χ1n) is 7.61. The molecule has 1 heterocycles. The van der Waals surface area contributed by atoms with E-state index in [0.29, 0.717) is 18.8 Å². The lowest BCUT2D eigenvalue weighted by Gasteiger charge is -2.31. The minimum atomic E-state index is -3.05. The zero-order valence-electron chi connectivity index (χ0n) is 13.1. The van der Waals surface area contributed by atoms with Crippen LogP contribution in [0.4, 0.5) is 0 Å². The molecule has 2 unspecified atom stereocenters. The summed E-state index contributed by atoms with van der Waals surface area (Å²) in [5, 5.41) is 2.85. The number of nitrogens with one attached hydrogen (secondary N) is 1. The van der Waals surface area contributed by atoms with Gasteiger partial charge in [0.2, 0.25) is 0 Å². The summed E-state index contributed by atoms with van der Waals surface area (Å²) in [6.45, 7) is 4.53. The topological polar surface area (TPSA) is 55.4 Å². The molecule has 1 N–H and O–H groups in total. The molecule has 0 bridgehead atoms. The summed E-state index contributed by atoms with van der Waals surface area (Å²) in [6.07, 6.45) is 2.46. The van der Waals surface area contributed by atoms with E-state index >= 15 is 0 Å². The van der Waals surface area contributed by atoms with Crippen molar-refractivity contribution in [2.45, 2.75) is 44.4 Å². The molecule has 1 aromatic carbocycles. The molecule has 1 fully saturated rings. The second kappa shape index (κ2) is 6.79. The van der Waals surface area contributed by atoms with Crippen LogP contribution in [0.3, 0.4) is 0 Å². The second-order valence-electron chi connectivity index (χ2n) is 5.64. The average Bonchev–Trinajstić information content (AvgIpc) is 2.44. The molecule has 0 spiro atoms. The van der Waals surface area contributed by atoms with Crippen LogP contribution in [0.15, 0.2) is 18.2 Å². The summed E-state index contributed by atoms with van der Waals surface area (Å²) in [5.74, 6) is 1.08. The summed E-state index contributed by atoms with van der Waals surface area (Å²) in [6, 6.07) is 5.76. The Labute approximate surface area is 127 Å². The van der Waals surface area contributed by atoms with Crippen molar-refractivity contribution in [3.8, 4) is 5.75 Å². The third-order valence-electron chi connectivity index (χ3n) is 4.11. The number of benzene rings is 1. The molecule has 5 heteroatoms. The van der Waals surface area contributed by atoms with Crippen molar-refractivity contribution in [3.63, 3.8) is 0 Å². The Morgan fingerprint density at radius 2 is 2.14 bits per heavy atom. The molecule has 2 rings (SSSR count). The molecule has 1 saturated heterocycles. The molecule has 21 heavy (non-hydrogen) atoms. The lowest BCUT2D eigenvalue weighted by Crippen LogP contribution is -2.39. The zero-order valence-corrected chi connectivity index (χ0v) is 13.9. The number of hydrogen-bond acceptors (Lipinski definition) is 4. The van der Waals surface area contributed by atoms with Crippen molar-refractivity contribution in [2.24, 2.45) is 0 Å². The van der Waals surface area contributed by atoms with Gasteiger partial charge in [-0.2, -0.15) is 0 Å². The van der Waals surface area contributed by atoms with E-state index < -0.39 is 9.84 Å². The van der Waals surface area contributed by atoms with Gasteiger partial charge in [-0.1, -0.05) is 24.1 Å². The quantitative estimate of drug-likeness (QED) is 0.908. The Bertz CT molecular complexity index is 583. The van der Waals surface area contributed by atoms with E-state index in [2.05, 4.69) is 5.32 Å². The van der Waals surface area contributed by atoms with Gasteiger partial charge in [-0.15, -0.1) is 0 Å². The van der Waals surface area contributed by atoms with E-state index in [9.17, 15) is 8.42 Å². The molecule has 4 nitrogen and oxygen atoms in total. The minimum Gasteiger partial charge on any atom is -0.494 e. The van der Waals surface area contributed by atoms with Gasteiger partial charge in [0.1, 0.15) is 5.75 Å². The highest BCUT2D eigenvalue weighted by molar-refractivity contribution is 7.92. The van der Waals surface area contributed by atoms with Crippen LogP contribution >= 0.6 is 0 Å². The van der Waals surface area contributed by atoms with Crippen LogP contribution in [0.1, 0.15) is 43.4 Å². The first-order valence-corrected chi connectivity index (χ1v) is 9.33. The fourth-order valence-corrected chi connectivity index (χ4v) is 5.23. The molecule has 2 atom stereocenters. The Morgan fingerprint density at radius 1 is 1.38 bits per heavy atom. The largest absolute Gasteiger partial charge is 0.494 e. The van der Waals surface area contributed by atoms with Crippen molar-refractivity contribution >= 4 is 9.84 Å². The minimum absolute atomic E-state index is 0.211. The molecule has 1 aliphatic heterocycles. The molecule has 1 aromatic rings. The maximum Gasteiger partial charge on any atom is 0.155 e. The molecule has 0 saturated carbocycles. The molecule has 0 aromatic heterocycles. The monoisotopic (exact) mass is 311 g/mol. The van der Waals surface area contributed by atoms with Crippen molar-refractivity contribution in [3.05, 3.63) is 29.3 Å². The van der Waals surface area contributed by atoms with Gasteiger partial charge in [-0.05, 0) is 39.8 Å². The van der Waals surface area contributed by atoms with Crippen LogP contribution in [0.25, 0.3) is 0 Å². The summed E-state index contributed by atoms with van der Waals surface area (Å²) in [7, 11) is -1.22. The highest BCUT2D eigenvalue weighted by atomic mass is 32.2. The van der Waals surface area contributed by atoms with Gasteiger partial charge in [0.15, 0.2) is 9.84 Å². The maximum absolute atomic E-state index is 12.4. The molecule has 0 aliphatic carbocycles. The van der Waals surface area contributed by atoms with Crippen molar-refractivity contribution in [2.75, 3.05) is 19.4 Å².